The average Bonchev–Trinajstić information content (AvgIpc) is 3.28. The van der Waals surface area contributed by atoms with Crippen molar-refractivity contribution in [3.05, 3.63) is 83.4 Å². The number of carbonyl (C=O) groups is 2. The Labute approximate surface area is 174 Å². The molecule has 0 saturated carbocycles. The molecule has 2 heterocycles. The van der Waals surface area contributed by atoms with E-state index in [4.69, 9.17) is 0 Å². The zero-order valence-electron chi connectivity index (χ0n) is 16.0. The summed E-state index contributed by atoms with van der Waals surface area (Å²) in [7, 11) is 0. The molecular formula is C23H23N3O2S. The van der Waals surface area contributed by atoms with Gasteiger partial charge in [0.1, 0.15) is 0 Å². The fraction of sp³-hybridized carbons (Fsp3) is 0.261. The van der Waals surface area contributed by atoms with E-state index in [0.29, 0.717) is 31.1 Å². The van der Waals surface area contributed by atoms with Crippen molar-refractivity contribution in [2.45, 2.75) is 18.8 Å². The molecule has 2 amide bonds. The van der Waals surface area contributed by atoms with E-state index >= 15 is 0 Å². The van der Waals surface area contributed by atoms with Gasteiger partial charge in [0.25, 0.3) is 0 Å². The summed E-state index contributed by atoms with van der Waals surface area (Å²) in [6.45, 7) is 1.18. The Morgan fingerprint density at radius 2 is 1.55 bits per heavy atom. The molecule has 0 aliphatic carbocycles. The maximum Gasteiger partial charge on any atom is 0.234 e. The highest BCUT2D eigenvalue weighted by atomic mass is 32.1. The van der Waals surface area contributed by atoms with Crippen LogP contribution in [0, 0.1) is 5.92 Å². The second-order valence-electron chi connectivity index (χ2n) is 7.18. The van der Waals surface area contributed by atoms with Crippen LogP contribution in [0.2, 0.25) is 0 Å². The molecule has 29 heavy (non-hydrogen) atoms. The summed E-state index contributed by atoms with van der Waals surface area (Å²) < 4.78 is 0. The van der Waals surface area contributed by atoms with Crippen molar-refractivity contribution in [1.29, 1.82) is 0 Å². The number of rotatable bonds is 5. The van der Waals surface area contributed by atoms with Crippen LogP contribution >= 0.6 is 11.3 Å². The summed E-state index contributed by atoms with van der Waals surface area (Å²) in [5, 5.41) is 5.34. The number of anilines is 1. The van der Waals surface area contributed by atoms with E-state index in [1.165, 1.54) is 11.3 Å². The van der Waals surface area contributed by atoms with E-state index in [1.807, 2.05) is 70.9 Å². The van der Waals surface area contributed by atoms with E-state index in [-0.39, 0.29) is 23.7 Å². The first-order valence-electron chi connectivity index (χ1n) is 9.81. The van der Waals surface area contributed by atoms with Crippen molar-refractivity contribution in [2.24, 2.45) is 5.92 Å². The first-order valence-corrected chi connectivity index (χ1v) is 10.7. The van der Waals surface area contributed by atoms with Crippen molar-refractivity contribution >= 4 is 28.3 Å². The SMILES string of the molecule is O=C(Nc1nccs1)C1CCN(C(=O)C(c2ccccc2)c2ccccc2)CC1. The predicted octanol–water partition coefficient (Wildman–Crippen LogP) is 4.15. The number of thiazole rings is 1. The zero-order chi connectivity index (χ0) is 20.1. The van der Waals surface area contributed by atoms with Gasteiger partial charge in [-0.3, -0.25) is 9.59 Å². The topological polar surface area (TPSA) is 62.3 Å². The summed E-state index contributed by atoms with van der Waals surface area (Å²) in [6.07, 6.45) is 3.01. The fourth-order valence-corrected chi connectivity index (χ4v) is 4.34. The molecule has 5 nitrogen and oxygen atoms in total. The highest BCUT2D eigenvalue weighted by molar-refractivity contribution is 7.13. The maximum absolute atomic E-state index is 13.4. The monoisotopic (exact) mass is 405 g/mol. The molecule has 1 N–H and O–H groups in total. The van der Waals surface area contributed by atoms with Crippen LogP contribution in [0.3, 0.4) is 0 Å². The van der Waals surface area contributed by atoms with Crippen LogP contribution in [0.1, 0.15) is 29.9 Å². The fourth-order valence-electron chi connectivity index (χ4n) is 3.81. The van der Waals surface area contributed by atoms with Crippen molar-refractivity contribution in [2.75, 3.05) is 18.4 Å². The van der Waals surface area contributed by atoms with E-state index in [1.54, 1.807) is 6.20 Å². The number of amides is 2. The predicted molar refractivity (Wildman–Crippen MR) is 115 cm³/mol. The van der Waals surface area contributed by atoms with Crippen molar-refractivity contribution in [1.82, 2.24) is 9.88 Å². The quantitative estimate of drug-likeness (QED) is 0.694. The van der Waals surface area contributed by atoms with Crippen LogP contribution < -0.4 is 5.32 Å². The second kappa shape index (κ2) is 9.01. The minimum absolute atomic E-state index is 0.00489. The molecule has 0 unspecified atom stereocenters. The number of nitrogens with zero attached hydrogens (tertiary/aromatic N) is 2. The Kier molecular flexibility index (Phi) is 6.00. The molecule has 3 aromatic rings. The van der Waals surface area contributed by atoms with Gasteiger partial charge in [-0.2, -0.15) is 0 Å². The first-order chi connectivity index (χ1) is 14.2. The lowest BCUT2D eigenvalue weighted by Gasteiger charge is -2.34. The van der Waals surface area contributed by atoms with Crippen LogP contribution in [0.5, 0.6) is 0 Å². The minimum atomic E-state index is -0.321. The number of carbonyl (C=O) groups excluding carboxylic acids is 2. The van der Waals surface area contributed by atoms with Crippen molar-refractivity contribution in [3.8, 4) is 0 Å². The van der Waals surface area contributed by atoms with E-state index in [9.17, 15) is 9.59 Å². The number of nitrogens with one attached hydrogen (secondary N) is 1. The summed E-state index contributed by atoms with van der Waals surface area (Å²) in [4.78, 5) is 31.9. The van der Waals surface area contributed by atoms with Gasteiger partial charge < -0.3 is 10.2 Å². The summed E-state index contributed by atoms with van der Waals surface area (Å²) in [6, 6.07) is 19.8. The van der Waals surface area contributed by atoms with Crippen LogP contribution in [-0.2, 0) is 9.59 Å². The molecular weight excluding hydrogens is 382 g/mol. The smallest absolute Gasteiger partial charge is 0.234 e. The van der Waals surface area contributed by atoms with E-state index < -0.39 is 0 Å². The molecule has 1 aromatic heterocycles. The lowest BCUT2D eigenvalue weighted by Crippen LogP contribution is -2.43. The largest absolute Gasteiger partial charge is 0.342 e. The molecule has 1 saturated heterocycles. The summed E-state index contributed by atoms with van der Waals surface area (Å²) in [5.74, 6) is -0.316. The molecule has 148 valence electrons. The molecule has 2 aromatic carbocycles. The molecule has 1 fully saturated rings. The van der Waals surface area contributed by atoms with Gasteiger partial charge in [0.2, 0.25) is 11.8 Å². The minimum Gasteiger partial charge on any atom is -0.342 e. The molecule has 1 aliphatic heterocycles. The molecule has 0 radical (unpaired) electrons. The molecule has 0 atom stereocenters. The number of hydrogen-bond acceptors (Lipinski definition) is 4. The number of piperidine rings is 1. The molecule has 4 rings (SSSR count). The highest BCUT2D eigenvalue weighted by Gasteiger charge is 2.32. The third-order valence-electron chi connectivity index (χ3n) is 5.35. The van der Waals surface area contributed by atoms with Crippen LogP contribution in [0.4, 0.5) is 5.13 Å². The average molecular weight is 406 g/mol. The highest BCUT2D eigenvalue weighted by Crippen LogP contribution is 2.29. The van der Waals surface area contributed by atoms with Crippen molar-refractivity contribution < 1.29 is 9.59 Å². The number of benzene rings is 2. The zero-order valence-corrected chi connectivity index (χ0v) is 16.8. The van der Waals surface area contributed by atoms with Gasteiger partial charge >= 0.3 is 0 Å². The Hall–Kier alpha value is -2.99. The Bertz CT molecular complexity index is 897. The number of aromatic nitrogens is 1. The molecule has 1 aliphatic rings. The van der Waals surface area contributed by atoms with E-state index in [2.05, 4.69) is 10.3 Å². The van der Waals surface area contributed by atoms with Crippen LogP contribution in [-0.4, -0.2) is 34.8 Å². The first kappa shape index (κ1) is 19.3. The van der Waals surface area contributed by atoms with E-state index in [0.717, 1.165) is 11.1 Å². The standard InChI is InChI=1S/C23H23N3O2S/c27-21(25-23-24-13-16-29-23)19-11-14-26(15-12-19)22(28)20(17-7-3-1-4-8-17)18-9-5-2-6-10-18/h1-10,13,16,19-20H,11-12,14-15H2,(H,24,25,27). The maximum atomic E-state index is 13.4. The third kappa shape index (κ3) is 4.54. The summed E-state index contributed by atoms with van der Waals surface area (Å²) in [5.41, 5.74) is 1.99. The van der Waals surface area contributed by atoms with Crippen LogP contribution in [0.15, 0.2) is 72.2 Å². The lowest BCUT2D eigenvalue weighted by molar-refractivity contribution is -0.135. The number of hydrogen-bond donors (Lipinski definition) is 1. The van der Waals surface area contributed by atoms with Gasteiger partial charge in [0.15, 0.2) is 5.13 Å². The Balaban J connectivity index is 1.45. The molecule has 0 bridgehead atoms. The molecule has 6 heteroatoms. The third-order valence-corrected chi connectivity index (χ3v) is 6.04. The lowest BCUT2D eigenvalue weighted by atomic mass is 9.88. The van der Waals surface area contributed by atoms with Crippen LogP contribution in [0.25, 0.3) is 0 Å². The normalized spacial score (nSPS) is 14.7. The van der Waals surface area contributed by atoms with Gasteiger partial charge in [-0.05, 0) is 24.0 Å². The molecule has 0 spiro atoms. The Morgan fingerprint density at radius 3 is 2.07 bits per heavy atom. The van der Waals surface area contributed by atoms with Gasteiger partial charge in [-0.25, -0.2) is 4.98 Å². The number of likely N-dealkylation sites (tertiary alicyclic amines) is 1. The second-order valence-corrected chi connectivity index (χ2v) is 8.08. The Morgan fingerprint density at radius 1 is 0.966 bits per heavy atom. The van der Waals surface area contributed by atoms with Gasteiger partial charge in [0.05, 0.1) is 5.92 Å². The van der Waals surface area contributed by atoms with Gasteiger partial charge in [-0.1, -0.05) is 60.7 Å². The van der Waals surface area contributed by atoms with Gasteiger partial charge in [-0.15, -0.1) is 11.3 Å². The van der Waals surface area contributed by atoms with Gasteiger partial charge in [0, 0.05) is 30.6 Å². The summed E-state index contributed by atoms with van der Waals surface area (Å²) >= 11 is 1.41. The van der Waals surface area contributed by atoms with Crippen molar-refractivity contribution in [3.63, 3.8) is 0 Å².